The van der Waals surface area contributed by atoms with Gasteiger partial charge in [0.15, 0.2) is 0 Å². The van der Waals surface area contributed by atoms with Gasteiger partial charge in [0.2, 0.25) is 0 Å². The van der Waals surface area contributed by atoms with Crippen molar-refractivity contribution in [3.8, 4) is 0 Å². The lowest BCUT2D eigenvalue weighted by atomic mass is 10.2. The molecular formula is C19H24N6O. The second-order valence-corrected chi connectivity index (χ2v) is 6.78. The molecule has 7 heteroatoms. The third-order valence-corrected chi connectivity index (χ3v) is 4.91. The van der Waals surface area contributed by atoms with E-state index in [1.807, 2.05) is 36.3 Å². The highest BCUT2D eigenvalue weighted by molar-refractivity contribution is 5.13. The molecule has 0 bridgehead atoms. The monoisotopic (exact) mass is 352 g/mol. The number of rotatable bonds is 6. The van der Waals surface area contributed by atoms with Gasteiger partial charge in [0.1, 0.15) is 5.82 Å². The number of nitrogens with zero attached hydrogens (tertiary/aromatic N) is 6. The van der Waals surface area contributed by atoms with Crippen LogP contribution in [-0.2, 0) is 38.1 Å². The predicted molar refractivity (Wildman–Crippen MR) is 97.0 cm³/mol. The zero-order valence-corrected chi connectivity index (χ0v) is 15.2. The van der Waals surface area contributed by atoms with Gasteiger partial charge in [-0.25, -0.2) is 4.98 Å². The Morgan fingerprint density at radius 3 is 2.73 bits per heavy atom. The molecule has 26 heavy (non-hydrogen) atoms. The van der Waals surface area contributed by atoms with E-state index in [0.29, 0.717) is 13.2 Å². The summed E-state index contributed by atoms with van der Waals surface area (Å²) in [5.41, 5.74) is 3.51. The van der Waals surface area contributed by atoms with Crippen molar-refractivity contribution in [2.75, 3.05) is 6.54 Å². The van der Waals surface area contributed by atoms with E-state index in [-0.39, 0.29) is 6.04 Å². The summed E-state index contributed by atoms with van der Waals surface area (Å²) < 4.78 is 10.0. The number of hydrogen-bond donors (Lipinski definition) is 0. The molecule has 4 rings (SSSR count). The Bertz CT molecular complexity index is 856. The normalized spacial score (nSPS) is 17.4. The quantitative estimate of drug-likeness (QED) is 0.681. The Morgan fingerprint density at radius 1 is 1.12 bits per heavy atom. The van der Waals surface area contributed by atoms with Crippen LogP contribution in [0.3, 0.4) is 0 Å². The lowest BCUT2D eigenvalue weighted by Gasteiger charge is -2.34. The van der Waals surface area contributed by atoms with Gasteiger partial charge in [-0.3, -0.25) is 14.6 Å². The smallest absolute Gasteiger partial charge is 0.126 e. The Labute approximate surface area is 153 Å². The van der Waals surface area contributed by atoms with Crippen LogP contribution >= 0.6 is 0 Å². The van der Waals surface area contributed by atoms with Gasteiger partial charge in [0.25, 0.3) is 0 Å². The predicted octanol–water partition coefficient (Wildman–Crippen LogP) is 2.31. The Kier molecular flexibility index (Phi) is 4.81. The van der Waals surface area contributed by atoms with E-state index in [9.17, 15) is 0 Å². The highest BCUT2D eigenvalue weighted by Crippen LogP contribution is 2.27. The molecule has 136 valence electrons. The first-order valence-electron chi connectivity index (χ1n) is 8.93. The minimum absolute atomic E-state index is 0.276. The van der Waals surface area contributed by atoms with Crippen LogP contribution in [0.25, 0.3) is 0 Å². The molecule has 0 unspecified atom stereocenters. The Balaban J connectivity index is 1.39. The highest BCUT2D eigenvalue weighted by Gasteiger charge is 2.27. The first kappa shape index (κ1) is 16.9. The van der Waals surface area contributed by atoms with Crippen LogP contribution in [0.1, 0.15) is 35.6 Å². The number of pyridine rings is 1. The van der Waals surface area contributed by atoms with E-state index in [2.05, 4.69) is 37.7 Å². The van der Waals surface area contributed by atoms with Gasteiger partial charge in [-0.1, -0.05) is 0 Å². The molecule has 0 aromatic carbocycles. The van der Waals surface area contributed by atoms with E-state index in [1.54, 1.807) is 12.4 Å². The van der Waals surface area contributed by atoms with E-state index in [0.717, 1.165) is 36.7 Å². The maximum absolute atomic E-state index is 5.88. The molecule has 0 N–H and O–H groups in total. The number of aromatic nitrogens is 5. The zero-order valence-electron chi connectivity index (χ0n) is 15.2. The fourth-order valence-corrected chi connectivity index (χ4v) is 3.48. The molecule has 4 heterocycles. The summed E-state index contributed by atoms with van der Waals surface area (Å²) in [7, 11) is 1.95. The molecule has 0 fully saturated rings. The third-order valence-electron chi connectivity index (χ3n) is 4.91. The van der Waals surface area contributed by atoms with Crippen LogP contribution in [0.4, 0.5) is 0 Å². The largest absolute Gasteiger partial charge is 0.370 e. The van der Waals surface area contributed by atoms with Gasteiger partial charge in [-0.15, -0.1) is 0 Å². The second-order valence-electron chi connectivity index (χ2n) is 6.78. The minimum atomic E-state index is 0.276. The molecule has 3 aromatic rings. The number of imidazole rings is 1. The van der Waals surface area contributed by atoms with Crippen molar-refractivity contribution in [2.24, 2.45) is 7.05 Å². The summed E-state index contributed by atoms with van der Waals surface area (Å²) in [5.74, 6) is 1.11. The number of fused-ring (bicyclic) bond motifs is 1. The summed E-state index contributed by atoms with van der Waals surface area (Å²) in [6.45, 7) is 6.22. The highest BCUT2D eigenvalue weighted by atomic mass is 16.5. The summed E-state index contributed by atoms with van der Waals surface area (Å²) in [6, 6.07) is 4.23. The zero-order chi connectivity index (χ0) is 17.9. The summed E-state index contributed by atoms with van der Waals surface area (Å²) >= 11 is 0. The van der Waals surface area contributed by atoms with Crippen molar-refractivity contribution in [3.63, 3.8) is 0 Å². The van der Waals surface area contributed by atoms with Crippen LogP contribution < -0.4 is 0 Å². The summed E-state index contributed by atoms with van der Waals surface area (Å²) in [4.78, 5) is 11.1. The maximum atomic E-state index is 5.88. The molecule has 0 saturated carbocycles. The van der Waals surface area contributed by atoms with E-state index >= 15 is 0 Å². The molecule has 1 atom stereocenters. The van der Waals surface area contributed by atoms with Crippen LogP contribution in [0.2, 0.25) is 0 Å². The van der Waals surface area contributed by atoms with Crippen molar-refractivity contribution in [1.82, 2.24) is 29.2 Å². The molecule has 1 aliphatic rings. The average Bonchev–Trinajstić information content (AvgIpc) is 3.25. The van der Waals surface area contributed by atoms with Gasteiger partial charge in [0, 0.05) is 50.8 Å². The number of hydrogen-bond acceptors (Lipinski definition) is 5. The molecule has 7 nitrogen and oxygen atoms in total. The van der Waals surface area contributed by atoms with E-state index in [4.69, 9.17) is 4.74 Å². The van der Waals surface area contributed by atoms with Crippen molar-refractivity contribution < 1.29 is 4.74 Å². The first-order valence-corrected chi connectivity index (χ1v) is 8.93. The number of aryl methyl sites for hydroxylation is 1. The van der Waals surface area contributed by atoms with Gasteiger partial charge in [-0.05, 0) is 24.6 Å². The van der Waals surface area contributed by atoms with Crippen molar-refractivity contribution in [1.29, 1.82) is 0 Å². The van der Waals surface area contributed by atoms with Gasteiger partial charge in [0.05, 0.1) is 37.3 Å². The number of ether oxygens (including phenoxy) is 1. The van der Waals surface area contributed by atoms with Crippen LogP contribution in [-0.4, -0.2) is 35.8 Å². The Morgan fingerprint density at radius 2 is 1.96 bits per heavy atom. The average molecular weight is 352 g/mol. The van der Waals surface area contributed by atoms with Crippen molar-refractivity contribution in [2.45, 2.75) is 39.3 Å². The van der Waals surface area contributed by atoms with Crippen molar-refractivity contribution in [3.05, 3.63) is 65.8 Å². The lowest BCUT2D eigenvalue weighted by Crippen LogP contribution is -2.37. The molecule has 0 radical (unpaired) electrons. The van der Waals surface area contributed by atoms with Crippen LogP contribution in [0.15, 0.2) is 43.1 Å². The van der Waals surface area contributed by atoms with Gasteiger partial charge < -0.3 is 9.30 Å². The maximum Gasteiger partial charge on any atom is 0.126 e. The second kappa shape index (κ2) is 7.39. The van der Waals surface area contributed by atoms with Crippen molar-refractivity contribution >= 4 is 0 Å². The van der Waals surface area contributed by atoms with Gasteiger partial charge in [-0.2, -0.15) is 5.10 Å². The standard InChI is InChI=1S/C19H24N6O/c1-15-19-21-10-18(14-26-13-16-3-5-20-6-4-16)25(19)8-7-24(15)12-17-9-22-23(2)11-17/h3-6,9-11,15H,7-8,12-14H2,1-2H3/t15-/m0/s1. The SMILES string of the molecule is C[C@H]1c2ncc(COCc3ccncc3)n2CCN1Cc1cnn(C)c1. The summed E-state index contributed by atoms with van der Waals surface area (Å²) in [5, 5.41) is 4.26. The first-order chi connectivity index (χ1) is 12.7. The molecule has 0 saturated heterocycles. The molecular weight excluding hydrogens is 328 g/mol. The van der Waals surface area contributed by atoms with Crippen LogP contribution in [0.5, 0.6) is 0 Å². The molecule has 1 aliphatic heterocycles. The summed E-state index contributed by atoms with van der Waals surface area (Å²) in [6.07, 6.45) is 9.54. The fourth-order valence-electron chi connectivity index (χ4n) is 3.48. The van der Waals surface area contributed by atoms with E-state index in [1.165, 1.54) is 5.56 Å². The third kappa shape index (κ3) is 3.54. The molecule has 0 amide bonds. The Hall–Kier alpha value is -2.51. The lowest BCUT2D eigenvalue weighted by molar-refractivity contribution is 0.0970. The van der Waals surface area contributed by atoms with E-state index < -0.39 is 0 Å². The van der Waals surface area contributed by atoms with Gasteiger partial charge >= 0.3 is 0 Å². The van der Waals surface area contributed by atoms with Crippen LogP contribution in [0, 0.1) is 0 Å². The molecule has 0 aliphatic carbocycles. The molecule has 0 spiro atoms. The minimum Gasteiger partial charge on any atom is -0.370 e. The molecule has 3 aromatic heterocycles. The fraction of sp³-hybridized carbons (Fsp3) is 0.421. The topological polar surface area (TPSA) is 61.0 Å².